The van der Waals surface area contributed by atoms with Gasteiger partial charge in [-0.15, -0.1) is 0 Å². The molecule has 0 amide bonds. The lowest BCUT2D eigenvalue weighted by Crippen LogP contribution is -2.47. The van der Waals surface area contributed by atoms with Crippen molar-refractivity contribution in [2.45, 2.75) is 26.8 Å². The Morgan fingerprint density at radius 1 is 0.958 bits per heavy atom. The van der Waals surface area contributed by atoms with Crippen LogP contribution in [0, 0.1) is 13.8 Å². The van der Waals surface area contributed by atoms with Gasteiger partial charge in [0.2, 0.25) is 0 Å². The van der Waals surface area contributed by atoms with Gasteiger partial charge in [0.25, 0.3) is 0 Å². The highest BCUT2D eigenvalue weighted by Gasteiger charge is 2.23. The second-order valence-electron chi connectivity index (χ2n) is 6.77. The van der Waals surface area contributed by atoms with E-state index in [1.54, 1.807) is 0 Å². The lowest BCUT2D eigenvalue weighted by molar-refractivity contribution is 0.112. The van der Waals surface area contributed by atoms with Crippen LogP contribution in [0.15, 0.2) is 42.5 Å². The van der Waals surface area contributed by atoms with Crippen LogP contribution in [0.4, 0.5) is 5.69 Å². The molecule has 1 heterocycles. The van der Waals surface area contributed by atoms with Gasteiger partial charge in [0, 0.05) is 43.5 Å². The van der Waals surface area contributed by atoms with Crippen molar-refractivity contribution in [2.75, 3.05) is 31.1 Å². The minimum absolute atomic E-state index is 0.449. The minimum atomic E-state index is 0.449. The second-order valence-corrected chi connectivity index (χ2v) is 6.77. The molecular formula is C21H26N2O. The van der Waals surface area contributed by atoms with Crippen LogP contribution in [0.1, 0.15) is 40.0 Å². The summed E-state index contributed by atoms with van der Waals surface area (Å²) in [7, 11) is 0. The molecule has 1 saturated heterocycles. The zero-order valence-corrected chi connectivity index (χ0v) is 14.8. The predicted molar refractivity (Wildman–Crippen MR) is 99.9 cm³/mol. The fraction of sp³-hybridized carbons (Fsp3) is 0.381. The standard InChI is InChI=1S/C21H26N2O/c1-16-4-9-21(17(2)14-16)18(3)22-10-12-23(13-11-22)20-7-5-19(15-24)6-8-20/h4-9,14-15,18H,10-13H2,1-3H3/t18-/m1/s1. The number of nitrogens with zero attached hydrogens (tertiary/aromatic N) is 2. The average molecular weight is 322 g/mol. The van der Waals surface area contributed by atoms with Gasteiger partial charge in [-0.2, -0.15) is 0 Å². The van der Waals surface area contributed by atoms with Crippen LogP contribution in [-0.4, -0.2) is 37.4 Å². The molecule has 3 rings (SSSR count). The van der Waals surface area contributed by atoms with Crippen molar-refractivity contribution in [3.63, 3.8) is 0 Å². The molecular weight excluding hydrogens is 296 g/mol. The molecule has 1 aliphatic rings. The summed E-state index contributed by atoms with van der Waals surface area (Å²) in [6.45, 7) is 10.8. The zero-order valence-electron chi connectivity index (χ0n) is 14.8. The number of carbonyl (C=O) groups excluding carboxylic acids is 1. The SMILES string of the molecule is Cc1ccc([C@@H](C)N2CCN(c3ccc(C=O)cc3)CC2)c(C)c1. The van der Waals surface area contributed by atoms with Crippen molar-refractivity contribution in [3.8, 4) is 0 Å². The largest absolute Gasteiger partial charge is 0.369 e. The summed E-state index contributed by atoms with van der Waals surface area (Å²) in [4.78, 5) is 15.7. The van der Waals surface area contributed by atoms with E-state index in [9.17, 15) is 4.79 Å². The number of hydrogen-bond donors (Lipinski definition) is 0. The van der Waals surface area contributed by atoms with Crippen LogP contribution in [0.25, 0.3) is 0 Å². The van der Waals surface area contributed by atoms with E-state index in [0.29, 0.717) is 6.04 Å². The third-order valence-corrected chi connectivity index (χ3v) is 5.13. The molecule has 0 spiro atoms. The maximum absolute atomic E-state index is 10.8. The summed E-state index contributed by atoms with van der Waals surface area (Å²) in [6, 6.07) is 15.1. The molecule has 0 unspecified atom stereocenters. The Kier molecular flexibility index (Phi) is 5.00. The first kappa shape index (κ1) is 16.7. The molecule has 3 heteroatoms. The number of benzene rings is 2. The van der Waals surface area contributed by atoms with Crippen molar-refractivity contribution in [1.29, 1.82) is 0 Å². The first-order valence-corrected chi connectivity index (χ1v) is 8.70. The van der Waals surface area contributed by atoms with E-state index in [-0.39, 0.29) is 0 Å². The van der Waals surface area contributed by atoms with E-state index in [0.717, 1.165) is 38.0 Å². The molecule has 2 aromatic carbocycles. The lowest BCUT2D eigenvalue weighted by Gasteiger charge is -2.39. The maximum Gasteiger partial charge on any atom is 0.150 e. The first-order valence-electron chi connectivity index (χ1n) is 8.70. The number of rotatable bonds is 4. The third-order valence-electron chi connectivity index (χ3n) is 5.13. The molecule has 0 N–H and O–H groups in total. The molecule has 2 aromatic rings. The molecule has 126 valence electrons. The molecule has 0 aliphatic carbocycles. The van der Waals surface area contributed by atoms with Gasteiger partial charge < -0.3 is 4.90 Å². The monoisotopic (exact) mass is 322 g/mol. The van der Waals surface area contributed by atoms with Crippen molar-refractivity contribution in [3.05, 3.63) is 64.7 Å². The number of piperazine rings is 1. The van der Waals surface area contributed by atoms with E-state index in [4.69, 9.17) is 0 Å². The topological polar surface area (TPSA) is 23.6 Å². The van der Waals surface area contributed by atoms with Crippen LogP contribution in [0.5, 0.6) is 0 Å². The van der Waals surface area contributed by atoms with Gasteiger partial charge >= 0.3 is 0 Å². The molecule has 3 nitrogen and oxygen atoms in total. The molecule has 0 aromatic heterocycles. The average Bonchev–Trinajstić information content (AvgIpc) is 2.61. The second kappa shape index (κ2) is 7.18. The van der Waals surface area contributed by atoms with E-state index < -0.39 is 0 Å². The Morgan fingerprint density at radius 3 is 2.21 bits per heavy atom. The summed E-state index contributed by atoms with van der Waals surface area (Å²) in [5, 5.41) is 0. The smallest absolute Gasteiger partial charge is 0.150 e. The van der Waals surface area contributed by atoms with Crippen LogP contribution in [-0.2, 0) is 0 Å². The Labute approximate surface area is 144 Å². The number of hydrogen-bond acceptors (Lipinski definition) is 3. The minimum Gasteiger partial charge on any atom is -0.369 e. The highest BCUT2D eigenvalue weighted by atomic mass is 16.1. The van der Waals surface area contributed by atoms with Gasteiger partial charge in [0.15, 0.2) is 0 Å². The van der Waals surface area contributed by atoms with Crippen LogP contribution in [0.3, 0.4) is 0 Å². The lowest BCUT2D eigenvalue weighted by atomic mass is 9.98. The van der Waals surface area contributed by atoms with Gasteiger partial charge in [-0.1, -0.05) is 23.8 Å². The zero-order chi connectivity index (χ0) is 17.1. The Balaban J connectivity index is 1.64. The summed E-state index contributed by atoms with van der Waals surface area (Å²) >= 11 is 0. The third kappa shape index (κ3) is 3.51. The molecule has 24 heavy (non-hydrogen) atoms. The molecule has 1 atom stereocenters. The van der Waals surface area contributed by atoms with Crippen molar-refractivity contribution >= 4 is 12.0 Å². The van der Waals surface area contributed by atoms with Gasteiger partial charge in [0.05, 0.1) is 0 Å². The van der Waals surface area contributed by atoms with Crippen LogP contribution >= 0.6 is 0 Å². The molecule has 0 radical (unpaired) electrons. The molecule has 1 fully saturated rings. The summed E-state index contributed by atoms with van der Waals surface area (Å²) in [6.07, 6.45) is 0.896. The quantitative estimate of drug-likeness (QED) is 0.795. The van der Waals surface area contributed by atoms with Crippen molar-refractivity contribution < 1.29 is 4.79 Å². The van der Waals surface area contributed by atoms with Crippen LogP contribution in [0.2, 0.25) is 0 Å². The molecule has 0 bridgehead atoms. The summed E-state index contributed by atoms with van der Waals surface area (Å²) in [5.41, 5.74) is 6.09. The van der Waals surface area contributed by atoms with Crippen LogP contribution < -0.4 is 4.90 Å². The number of aryl methyl sites for hydroxylation is 2. The highest BCUT2D eigenvalue weighted by Crippen LogP contribution is 2.26. The fourth-order valence-electron chi connectivity index (χ4n) is 3.62. The number of carbonyl (C=O) groups is 1. The Hall–Kier alpha value is -2.13. The Bertz CT molecular complexity index is 700. The number of aldehydes is 1. The molecule has 1 aliphatic heterocycles. The Morgan fingerprint density at radius 2 is 1.62 bits per heavy atom. The highest BCUT2D eigenvalue weighted by molar-refractivity contribution is 5.75. The van der Waals surface area contributed by atoms with Crippen molar-refractivity contribution in [1.82, 2.24) is 4.90 Å². The first-order chi connectivity index (χ1) is 11.6. The molecule has 0 saturated carbocycles. The summed E-state index contributed by atoms with van der Waals surface area (Å²) in [5.74, 6) is 0. The number of anilines is 1. The normalized spacial score (nSPS) is 16.9. The predicted octanol–water partition coefficient (Wildman–Crippen LogP) is 4.00. The fourth-order valence-corrected chi connectivity index (χ4v) is 3.62. The van der Waals surface area contributed by atoms with E-state index >= 15 is 0 Å². The van der Waals surface area contributed by atoms with E-state index in [1.165, 1.54) is 22.4 Å². The van der Waals surface area contributed by atoms with Gasteiger partial charge in [-0.05, 0) is 56.2 Å². The van der Waals surface area contributed by atoms with E-state index in [1.807, 2.05) is 24.3 Å². The van der Waals surface area contributed by atoms with Gasteiger partial charge in [-0.25, -0.2) is 0 Å². The van der Waals surface area contributed by atoms with Gasteiger partial charge in [-0.3, -0.25) is 9.69 Å². The maximum atomic E-state index is 10.8. The summed E-state index contributed by atoms with van der Waals surface area (Å²) < 4.78 is 0. The van der Waals surface area contributed by atoms with Gasteiger partial charge in [0.1, 0.15) is 6.29 Å². The van der Waals surface area contributed by atoms with Crippen molar-refractivity contribution in [2.24, 2.45) is 0 Å². The van der Waals surface area contributed by atoms with E-state index in [2.05, 4.69) is 48.8 Å².